The predicted octanol–water partition coefficient (Wildman–Crippen LogP) is 1.74. The van der Waals surface area contributed by atoms with Crippen molar-refractivity contribution in [2.45, 2.75) is 37.8 Å². The zero-order valence-electron chi connectivity index (χ0n) is 17.0. The van der Waals surface area contributed by atoms with Crippen LogP contribution >= 0.6 is 0 Å². The summed E-state index contributed by atoms with van der Waals surface area (Å²) in [5, 5.41) is 20.4. The van der Waals surface area contributed by atoms with Crippen LogP contribution in [-0.2, 0) is 0 Å². The number of pyridine rings is 1. The molecule has 4 N–H and O–H groups in total. The summed E-state index contributed by atoms with van der Waals surface area (Å²) in [7, 11) is 0. The minimum Gasteiger partial charge on any atom is -0.348 e. The van der Waals surface area contributed by atoms with Gasteiger partial charge in [0.2, 0.25) is 0 Å². The Kier molecular flexibility index (Phi) is 5.21. The van der Waals surface area contributed by atoms with E-state index < -0.39 is 5.91 Å². The van der Waals surface area contributed by atoms with Gasteiger partial charge >= 0.3 is 0 Å². The molecular formula is C21H24N8O2. The van der Waals surface area contributed by atoms with E-state index in [9.17, 15) is 9.59 Å². The summed E-state index contributed by atoms with van der Waals surface area (Å²) in [5.41, 5.74) is 2.22. The van der Waals surface area contributed by atoms with Crippen LogP contribution in [0.2, 0.25) is 0 Å². The van der Waals surface area contributed by atoms with Gasteiger partial charge < -0.3 is 16.0 Å². The second-order valence-electron chi connectivity index (χ2n) is 7.93. The molecule has 0 bridgehead atoms. The van der Waals surface area contributed by atoms with Crippen LogP contribution in [0, 0.1) is 0 Å². The molecule has 2 fully saturated rings. The summed E-state index contributed by atoms with van der Waals surface area (Å²) in [6.45, 7) is 1.81. The summed E-state index contributed by atoms with van der Waals surface area (Å²) in [6, 6.07) is 7.38. The van der Waals surface area contributed by atoms with Gasteiger partial charge in [0.15, 0.2) is 5.69 Å². The number of carbonyl (C=O) groups excluding carboxylic acids is 2. The largest absolute Gasteiger partial charge is 0.348 e. The topological polar surface area (TPSA) is 130 Å². The van der Waals surface area contributed by atoms with Gasteiger partial charge in [-0.2, -0.15) is 10.2 Å². The average Bonchev–Trinajstić information content (AvgIpc) is 3.28. The van der Waals surface area contributed by atoms with Gasteiger partial charge in [-0.15, -0.1) is 0 Å². The Bertz CT molecular complexity index is 1080. The van der Waals surface area contributed by atoms with E-state index in [0.29, 0.717) is 11.4 Å². The van der Waals surface area contributed by atoms with E-state index in [1.54, 1.807) is 36.7 Å². The normalized spacial score (nSPS) is 16.8. The fourth-order valence-corrected chi connectivity index (χ4v) is 3.69. The maximum atomic E-state index is 13.0. The molecule has 0 unspecified atom stereocenters. The third kappa shape index (κ3) is 4.33. The molecule has 1 aliphatic heterocycles. The highest BCUT2D eigenvalue weighted by Gasteiger charge is 2.28. The van der Waals surface area contributed by atoms with Gasteiger partial charge in [-0.05, 0) is 57.0 Å². The first-order valence-electron chi connectivity index (χ1n) is 10.6. The molecule has 3 aromatic rings. The van der Waals surface area contributed by atoms with Crippen molar-refractivity contribution in [1.82, 2.24) is 35.6 Å². The molecule has 2 aliphatic rings. The number of rotatable bonds is 6. The van der Waals surface area contributed by atoms with Gasteiger partial charge in [0.25, 0.3) is 11.8 Å². The molecule has 1 saturated carbocycles. The molecule has 5 rings (SSSR count). The molecule has 4 heterocycles. The van der Waals surface area contributed by atoms with Crippen LogP contribution in [0.25, 0.3) is 11.4 Å². The molecule has 0 radical (unpaired) electrons. The van der Waals surface area contributed by atoms with Gasteiger partial charge in [-0.1, -0.05) is 6.07 Å². The monoisotopic (exact) mass is 420 g/mol. The van der Waals surface area contributed by atoms with Crippen molar-refractivity contribution in [3.8, 4) is 11.4 Å². The highest BCUT2D eigenvalue weighted by molar-refractivity contribution is 6.07. The number of aromatic nitrogens is 5. The number of hydrogen-bond acceptors (Lipinski definition) is 6. The minimum absolute atomic E-state index is 0.196. The van der Waals surface area contributed by atoms with E-state index in [1.165, 1.54) is 0 Å². The van der Waals surface area contributed by atoms with E-state index in [4.69, 9.17) is 0 Å². The lowest BCUT2D eigenvalue weighted by Gasteiger charge is -2.22. The van der Waals surface area contributed by atoms with Crippen LogP contribution in [0.1, 0.15) is 52.7 Å². The Morgan fingerprint density at radius 1 is 1.06 bits per heavy atom. The Morgan fingerprint density at radius 3 is 2.65 bits per heavy atom. The van der Waals surface area contributed by atoms with Crippen LogP contribution in [0.5, 0.6) is 0 Å². The summed E-state index contributed by atoms with van der Waals surface area (Å²) < 4.78 is 1.81. The summed E-state index contributed by atoms with van der Waals surface area (Å²) in [6.07, 6.45) is 7.19. The molecule has 10 nitrogen and oxygen atoms in total. The van der Waals surface area contributed by atoms with Crippen molar-refractivity contribution >= 4 is 17.5 Å². The fraction of sp³-hybridized carbons (Fsp3) is 0.381. The highest BCUT2D eigenvalue weighted by atomic mass is 16.2. The fourth-order valence-electron chi connectivity index (χ4n) is 3.69. The smallest absolute Gasteiger partial charge is 0.274 e. The summed E-state index contributed by atoms with van der Waals surface area (Å²) >= 11 is 0. The van der Waals surface area contributed by atoms with Crippen molar-refractivity contribution in [2.24, 2.45) is 0 Å². The zero-order chi connectivity index (χ0) is 21.2. The van der Waals surface area contributed by atoms with Crippen LogP contribution in [0.4, 0.5) is 5.69 Å². The lowest BCUT2D eigenvalue weighted by molar-refractivity contribution is 0.0945. The molecule has 0 aromatic carbocycles. The first-order valence-corrected chi connectivity index (χ1v) is 10.6. The van der Waals surface area contributed by atoms with Gasteiger partial charge in [0.05, 0.1) is 23.1 Å². The maximum absolute atomic E-state index is 13.0. The van der Waals surface area contributed by atoms with E-state index in [1.807, 2.05) is 4.68 Å². The van der Waals surface area contributed by atoms with Crippen molar-refractivity contribution in [2.75, 3.05) is 18.4 Å². The van der Waals surface area contributed by atoms with Crippen molar-refractivity contribution in [3.63, 3.8) is 0 Å². The summed E-state index contributed by atoms with van der Waals surface area (Å²) in [5.74, 6) is -0.656. The number of amides is 2. The molecule has 3 aromatic heterocycles. The Morgan fingerprint density at radius 2 is 1.90 bits per heavy atom. The number of carbonyl (C=O) groups is 2. The third-order valence-electron chi connectivity index (χ3n) is 5.55. The average molecular weight is 420 g/mol. The molecule has 1 saturated heterocycles. The lowest BCUT2D eigenvalue weighted by atomic mass is 10.1. The Hall–Kier alpha value is -3.53. The third-order valence-corrected chi connectivity index (χ3v) is 5.55. The van der Waals surface area contributed by atoms with Crippen LogP contribution in [0.3, 0.4) is 0 Å². The molecule has 0 atom stereocenters. The number of aromatic amines is 1. The van der Waals surface area contributed by atoms with Gasteiger partial charge in [0.1, 0.15) is 5.69 Å². The zero-order valence-corrected chi connectivity index (χ0v) is 17.0. The number of anilines is 1. The number of H-pyrrole nitrogens is 1. The Balaban J connectivity index is 1.40. The van der Waals surface area contributed by atoms with Crippen molar-refractivity contribution < 1.29 is 9.59 Å². The quantitative estimate of drug-likeness (QED) is 0.481. The second-order valence-corrected chi connectivity index (χ2v) is 7.93. The van der Waals surface area contributed by atoms with Crippen molar-refractivity contribution in [1.29, 1.82) is 0 Å². The standard InChI is InChI=1S/C21H24N8O2/c30-20(17-3-1-2-15(25-17)16-8-11-23-27-16)26-18-12-29(14-6-9-22-10-7-14)28-19(18)21(31)24-13-4-5-13/h1-3,8,11-14,22H,4-7,9-10H2,(H,23,27)(H,24,31)(H,26,30). The van der Waals surface area contributed by atoms with E-state index in [2.05, 4.69) is 36.2 Å². The van der Waals surface area contributed by atoms with E-state index in [-0.39, 0.29) is 29.4 Å². The van der Waals surface area contributed by atoms with E-state index >= 15 is 0 Å². The summed E-state index contributed by atoms with van der Waals surface area (Å²) in [4.78, 5) is 30.1. The highest BCUT2D eigenvalue weighted by Crippen LogP contribution is 2.25. The number of piperidine rings is 1. The van der Waals surface area contributed by atoms with Gasteiger partial charge in [-0.25, -0.2) is 4.98 Å². The van der Waals surface area contributed by atoms with Gasteiger partial charge in [0, 0.05) is 18.4 Å². The minimum atomic E-state index is -0.397. The van der Waals surface area contributed by atoms with E-state index in [0.717, 1.165) is 44.5 Å². The number of nitrogens with one attached hydrogen (secondary N) is 4. The number of nitrogens with zero attached hydrogens (tertiary/aromatic N) is 4. The molecule has 160 valence electrons. The molecule has 10 heteroatoms. The first kappa shape index (κ1) is 19.4. The van der Waals surface area contributed by atoms with Crippen LogP contribution < -0.4 is 16.0 Å². The van der Waals surface area contributed by atoms with Crippen molar-refractivity contribution in [3.05, 3.63) is 48.0 Å². The number of hydrogen-bond donors (Lipinski definition) is 4. The van der Waals surface area contributed by atoms with Crippen LogP contribution in [-0.4, -0.2) is 55.9 Å². The second kappa shape index (κ2) is 8.31. The first-order chi connectivity index (χ1) is 15.2. The predicted molar refractivity (Wildman–Crippen MR) is 114 cm³/mol. The molecule has 0 spiro atoms. The van der Waals surface area contributed by atoms with Gasteiger partial charge in [-0.3, -0.25) is 19.4 Å². The molecule has 31 heavy (non-hydrogen) atoms. The lowest BCUT2D eigenvalue weighted by Crippen LogP contribution is -2.30. The molecule has 2 amide bonds. The molecular weight excluding hydrogens is 396 g/mol. The Labute approximate surface area is 178 Å². The maximum Gasteiger partial charge on any atom is 0.274 e. The SMILES string of the molecule is O=C(Nc1cn(C2CCNCC2)nc1C(=O)NC1CC1)c1cccc(-c2ccn[nH]2)n1. The molecule has 1 aliphatic carbocycles. The van der Waals surface area contributed by atoms with Crippen LogP contribution in [0.15, 0.2) is 36.7 Å².